The van der Waals surface area contributed by atoms with Gasteiger partial charge in [0.2, 0.25) is 5.91 Å². The third-order valence-electron chi connectivity index (χ3n) is 5.48. The Morgan fingerprint density at radius 1 is 0.971 bits per heavy atom. The molecular weight excluding hydrogens is 431 g/mol. The van der Waals surface area contributed by atoms with Crippen LogP contribution in [0.4, 0.5) is 15.8 Å². The molecule has 0 unspecified atom stereocenters. The number of nitrogens with zero attached hydrogens (tertiary/aromatic N) is 1. The summed E-state index contributed by atoms with van der Waals surface area (Å²) in [4.78, 5) is 26.3. The molecule has 0 atom stereocenters. The van der Waals surface area contributed by atoms with Crippen molar-refractivity contribution in [3.8, 4) is 0 Å². The first-order valence-electron chi connectivity index (χ1n) is 11.0. The molecule has 7 heteroatoms. The zero-order valence-electron chi connectivity index (χ0n) is 19.4. The maximum atomic E-state index is 13.8. The SMILES string of the molecule is CC(=O)NCc1ccc(/C(Nc2ccc(CN(C)C)cc2)=C2/C(=O)Nc3cc(F)ccc32)cc1. The molecule has 4 rings (SSSR count). The van der Waals surface area contributed by atoms with Gasteiger partial charge in [0.05, 0.1) is 17.0 Å². The molecule has 1 heterocycles. The molecule has 0 spiro atoms. The molecule has 0 radical (unpaired) electrons. The van der Waals surface area contributed by atoms with E-state index in [1.54, 1.807) is 6.07 Å². The number of halogens is 1. The highest BCUT2D eigenvalue weighted by Crippen LogP contribution is 2.38. The summed E-state index contributed by atoms with van der Waals surface area (Å²) in [6.07, 6.45) is 0. The Hall–Kier alpha value is -3.97. The standard InChI is InChI=1S/C27H27FN4O2/c1-17(33)29-15-18-4-8-20(9-5-18)26(30-22-11-6-19(7-12-22)16-32(2)3)25-23-13-10-21(28)14-24(23)31-27(25)34/h4-14,30H,15-16H2,1-3H3,(H,29,33)(H,31,34)/b26-25-. The molecule has 1 aliphatic rings. The molecule has 3 N–H and O–H groups in total. The van der Waals surface area contributed by atoms with Gasteiger partial charge in [-0.1, -0.05) is 36.4 Å². The fourth-order valence-corrected chi connectivity index (χ4v) is 3.89. The van der Waals surface area contributed by atoms with Crippen molar-refractivity contribution in [2.45, 2.75) is 20.0 Å². The number of benzene rings is 3. The van der Waals surface area contributed by atoms with Crippen LogP contribution in [0.1, 0.15) is 29.2 Å². The van der Waals surface area contributed by atoms with E-state index in [-0.39, 0.29) is 11.8 Å². The summed E-state index contributed by atoms with van der Waals surface area (Å²) >= 11 is 0. The Labute approximate surface area is 198 Å². The first-order valence-corrected chi connectivity index (χ1v) is 11.0. The minimum absolute atomic E-state index is 0.0993. The number of rotatable bonds is 7. The van der Waals surface area contributed by atoms with Gasteiger partial charge in [0.25, 0.3) is 5.91 Å². The maximum Gasteiger partial charge on any atom is 0.258 e. The summed E-state index contributed by atoms with van der Waals surface area (Å²) in [6, 6.07) is 19.9. The van der Waals surface area contributed by atoms with Crippen LogP contribution in [0, 0.1) is 5.82 Å². The number of fused-ring (bicyclic) bond motifs is 1. The van der Waals surface area contributed by atoms with E-state index in [1.807, 2.05) is 62.6 Å². The summed E-state index contributed by atoms with van der Waals surface area (Å²) in [5.74, 6) is -0.805. The van der Waals surface area contributed by atoms with Crippen molar-refractivity contribution in [2.75, 3.05) is 24.7 Å². The van der Waals surface area contributed by atoms with Crippen molar-refractivity contribution >= 4 is 34.5 Å². The number of hydrogen-bond donors (Lipinski definition) is 3. The summed E-state index contributed by atoms with van der Waals surface area (Å²) in [5.41, 5.74) is 5.89. The van der Waals surface area contributed by atoms with Crippen molar-refractivity contribution in [3.63, 3.8) is 0 Å². The van der Waals surface area contributed by atoms with Gasteiger partial charge in [-0.3, -0.25) is 9.59 Å². The van der Waals surface area contributed by atoms with E-state index in [9.17, 15) is 14.0 Å². The summed E-state index contributed by atoms with van der Waals surface area (Å²) in [7, 11) is 4.03. The molecule has 34 heavy (non-hydrogen) atoms. The highest BCUT2D eigenvalue weighted by Gasteiger charge is 2.28. The Kier molecular flexibility index (Phi) is 6.75. The number of nitrogens with one attached hydrogen (secondary N) is 3. The van der Waals surface area contributed by atoms with Crippen LogP contribution in [0.15, 0.2) is 66.7 Å². The Balaban J connectivity index is 1.74. The van der Waals surface area contributed by atoms with Crippen LogP contribution in [0.25, 0.3) is 11.3 Å². The van der Waals surface area contributed by atoms with Gasteiger partial charge in [0, 0.05) is 31.3 Å². The Morgan fingerprint density at radius 2 is 1.65 bits per heavy atom. The lowest BCUT2D eigenvalue weighted by molar-refractivity contribution is -0.119. The van der Waals surface area contributed by atoms with Gasteiger partial charge in [-0.15, -0.1) is 0 Å². The molecule has 6 nitrogen and oxygen atoms in total. The predicted octanol–water partition coefficient (Wildman–Crippen LogP) is 4.46. The van der Waals surface area contributed by atoms with Gasteiger partial charge in [-0.05, 0) is 61.1 Å². The monoisotopic (exact) mass is 458 g/mol. The number of amides is 2. The van der Waals surface area contributed by atoms with Crippen LogP contribution in [-0.4, -0.2) is 30.8 Å². The number of anilines is 2. The first-order chi connectivity index (χ1) is 16.3. The fourth-order valence-electron chi connectivity index (χ4n) is 3.89. The second kappa shape index (κ2) is 9.89. The molecule has 1 aliphatic heterocycles. The van der Waals surface area contributed by atoms with E-state index in [4.69, 9.17) is 0 Å². The zero-order valence-corrected chi connectivity index (χ0v) is 19.4. The third-order valence-corrected chi connectivity index (χ3v) is 5.48. The molecule has 0 aliphatic carbocycles. The fraction of sp³-hybridized carbons (Fsp3) is 0.185. The molecule has 174 valence electrons. The zero-order chi connectivity index (χ0) is 24.2. The minimum Gasteiger partial charge on any atom is -0.354 e. The van der Waals surface area contributed by atoms with Gasteiger partial charge in [-0.2, -0.15) is 0 Å². The molecule has 0 fully saturated rings. The van der Waals surface area contributed by atoms with Gasteiger partial charge in [0.15, 0.2) is 0 Å². The number of carbonyl (C=O) groups is 2. The summed E-state index contributed by atoms with van der Waals surface area (Å²) in [5, 5.41) is 8.96. The van der Waals surface area contributed by atoms with Gasteiger partial charge in [-0.25, -0.2) is 4.39 Å². The van der Waals surface area contributed by atoms with E-state index in [1.165, 1.54) is 24.6 Å². The molecule has 2 amide bonds. The van der Waals surface area contributed by atoms with Crippen LogP contribution >= 0.6 is 0 Å². The van der Waals surface area contributed by atoms with Gasteiger partial charge < -0.3 is 20.9 Å². The second-order valence-corrected chi connectivity index (χ2v) is 8.56. The molecular formula is C27H27FN4O2. The topological polar surface area (TPSA) is 73.5 Å². The van der Waals surface area contributed by atoms with Crippen molar-refractivity contribution < 1.29 is 14.0 Å². The average Bonchev–Trinajstić information content (AvgIpc) is 3.11. The lowest BCUT2D eigenvalue weighted by Gasteiger charge is -2.16. The average molecular weight is 459 g/mol. The summed E-state index contributed by atoms with van der Waals surface area (Å²) < 4.78 is 13.8. The largest absolute Gasteiger partial charge is 0.354 e. The van der Waals surface area contributed by atoms with Crippen LogP contribution in [0.5, 0.6) is 0 Å². The van der Waals surface area contributed by atoms with E-state index in [0.717, 1.165) is 23.4 Å². The van der Waals surface area contributed by atoms with Crippen LogP contribution < -0.4 is 16.0 Å². The Morgan fingerprint density at radius 3 is 2.29 bits per heavy atom. The van der Waals surface area contributed by atoms with Crippen LogP contribution in [-0.2, 0) is 22.7 Å². The van der Waals surface area contributed by atoms with Gasteiger partial charge >= 0.3 is 0 Å². The van der Waals surface area contributed by atoms with Crippen LogP contribution in [0.2, 0.25) is 0 Å². The molecule has 0 bridgehead atoms. The molecule has 3 aromatic carbocycles. The van der Waals surface area contributed by atoms with Crippen LogP contribution in [0.3, 0.4) is 0 Å². The maximum absolute atomic E-state index is 13.8. The Bertz CT molecular complexity index is 1250. The third kappa shape index (κ3) is 5.32. The van der Waals surface area contributed by atoms with Crippen molar-refractivity contribution in [1.82, 2.24) is 10.2 Å². The molecule has 0 saturated carbocycles. The van der Waals surface area contributed by atoms with Crippen molar-refractivity contribution in [1.29, 1.82) is 0 Å². The van der Waals surface area contributed by atoms with E-state index < -0.39 is 5.82 Å². The van der Waals surface area contributed by atoms with Crippen molar-refractivity contribution in [2.24, 2.45) is 0 Å². The lowest BCUT2D eigenvalue weighted by atomic mass is 9.99. The molecule has 0 aromatic heterocycles. The predicted molar refractivity (Wildman–Crippen MR) is 133 cm³/mol. The quantitative estimate of drug-likeness (QED) is 0.457. The number of hydrogen-bond acceptors (Lipinski definition) is 4. The number of carbonyl (C=O) groups excluding carboxylic acids is 2. The lowest BCUT2D eigenvalue weighted by Crippen LogP contribution is -2.18. The minimum atomic E-state index is -0.409. The van der Waals surface area contributed by atoms with E-state index in [2.05, 4.69) is 20.9 Å². The normalized spacial score (nSPS) is 14.0. The van der Waals surface area contributed by atoms with E-state index in [0.29, 0.717) is 29.1 Å². The highest BCUT2D eigenvalue weighted by molar-refractivity contribution is 6.37. The highest BCUT2D eigenvalue weighted by atomic mass is 19.1. The second-order valence-electron chi connectivity index (χ2n) is 8.56. The van der Waals surface area contributed by atoms with Gasteiger partial charge in [0.1, 0.15) is 5.82 Å². The molecule has 0 saturated heterocycles. The molecule has 3 aromatic rings. The summed E-state index contributed by atoms with van der Waals surface area (Å²) in [6.45, 7) is 2.72. The smallest absolute Gasteiger partial charge is 0.258 e. The van der Waals surface area contributed by atoms with E-state index >= 15 is 0 Å². The first kappa shape index (κ1) is 23.2. The van der Waals surface area contributed by atoms with Crippen molar-refractivity contribution in [3.05, 3.63) is 94.8 Å².